The molecule has 0 aromatic heterocycles. The molecule has 0 heterocycles. The van der Waals surface area contributed by atoms with Gasteiger partial charge in [-0.05, 0) is 224 Å². The second-order valence-electron chi connectivity index (χ2n) is 29.6. The first-order chi connectivity index (χ1) is 57.5. The van der Waals surface area contributed by atoms with Crippen LogP contribution in [0.5, 0.6) is 0 Å². The average Bonchev–Trinajstić information content (AvgIpc) is 0.798. The van der Waals surface area contributed by atoms with Gasteiger partial charge in [-0.15, -0.1) is 0 Å². The summed E-state index contributed by atoms with van der Waals surface area (Å²) in [6.45, 7) is 11.9. The Morgan fingerprint density at radius 2 is 0.517 bits per heavy atom. The molecule has 4 N–H and O–H groups in total. The van der Waals surface area contributed by atoms with Crippen LogP contribution in [0, 0.1) is 40.6 Å². The van der Waals surface area contributed by atoms with Crippen LogP contribution in [0.2, 0.25) is 0 Å². The van der Waals surface area contributed by atoms with Gasteiger partial charge < -0.3 is 30.2 Å². The second-order valence-corrected chi connectivity index (χ2v) is 29.6. The number of carboxylic acid groups (broad SMARTS) is 4. The quantitative estimate of drug-likeness (QED) is 0.00917. The molecule has 0 saturated carbocycles. The fraction of sp³-hybridized carbons (Fsp3) is 0.231. The summed E-state index contributed by atoms with van der Waals surface area (Å²) in [6.07, 6.45) is 36.9. The lowest BCUT2D eigenvalue weighted by Gasteiger charge is -2.26. The molecule has 0 saturated heterocycles. The number of anilines is 6. The van der Waals surface area contributed by atoms with E-state index in [9.17, 15) is 55.4 Å². The highest BCUT2D eigenvalue weighted by molar-refractivity contribution is 6.00. The number of hydrogen-bond acceptors (Lipinski definition) is 9. The third-order valence-electron chi connectivity index (χ3n) is 21.1. The van der Waals surface area contributed by atoms with Gasteiger partial charge in [0.15, 0.2) is 0 Å². The molecule has 0 spiro atoms. The average molecular weight is 1560 g/mol. The summed E-state index contributed by atoms with van der Waals surface area (Å²) in [4.78, 5) is 54.7. The van der Waals surface area contributed by atoms with Crippen LogP contribution in [-0.2, 0) is 32.0 Å². The lowest BCUT2D eigenvalue weighted by Crippen LogP contribution is -2.10. The first-order valence-electron chi connectivity index (χ1n) is 41.0. The van der Waals surface area contributed by atoms with Gasteiger partial charge in [0, 0.05) is 34.1 Å². The van der Waals surface area contributed by atoms with Crippen LogP contribution >= 0.6 is 0 Å². The van der Waals surface area contributed by atoms with E-state index in [2.05, 4.69) is 186 Å². The Labute approximate surface area is 694 Å². The molecule has 0 atom stereocenters. The minimum Gasteiger partial charge on any atom is -0.486 e. The molecule has 10 rings (SSSR count). The fourth-order valence-electron chi connectivity index (χ4n) is 14.5. The first-order valence-corrected chi connectivity index (χ1v) is 41.0. The van der Waals surface area contributed by atoms with Crippen molar-refractivity contribution in [1.29, 1.82) is 15.8 Å². The van der Waals surface area contributed by atoms with Crippen molar-refractivity contribution in [3.05, 3.63) is 343 Å². The Kier molecular flexibility index (Phi) is 33.2. The third kappa shape index (κ3) is 25.5. The maximum Gasteiger partial charge on any atom is 0.346 e. The Morgan fingerprint density at radius 1 is 0.297 bits per heavy atom. The van der Waals surface area contributed by atoms with Gasteiger partial charge in [0.25, 0.3) is 5.70 Å². The van der Waals surface area contributed by atoms with Crippen molar-refractivity contribution in [3.8, 4) is 29.3 Å². The minimum atomic E-state index is -1.32. The number of carboxylic acids is 4. The molecule has 0 amide bonds. The van der Waals surface area contributed by atoms with Crippen LogP contribution in [-0.4, -0.2) is 44.3 Å². The summed E-state index contributed by atoms with van der Waals surface area (Å²) in [5, 5.41) is 66.9. The standard InChI is InChI=1S/C104H100N6O8/c1-4-6-8-10-12-14-16-18-20-22-24-75-34-54-92(55-35-75)109(94-58-38-80(39-59-94)69-98(85-42-26-77(27-43-85)66-89(72-105)101(111)112)86-44-28-78(29-45-86)67-90(73-106)102(113)114)96-62-50-83(51-63-96)84-52-64-97(65-53-84)110(93-56-36-76(37-57-93)25-23-21-19-17-15-13-11-9-7-5-2)95-60-40-81(41-61-95)70-99(87-46-30-79(31-47-87)68-91(74-107)103(115)116)88-48-32-82(33-49-88)71-100(108-3)104(117)118/h26-71H,4-25H2,1-2H3,(H,111,112)(H,113,114)(H,115,116)(H,117,118)/b89-66+,90-67+,91-68+,99-70+,100-71+. The molecule has 0 aliphatic carbocycles. The van der Waals surface area contributed by atoms with Gasteiger partial charge in [0.05, 0.1) is 6.57 Å². The minimum absolute atomic E-state index is 0.392. The number of carbonyl (C=O) groups is 4. The Morgan fingerprint density at radius 3 is 0.754 bits per heavy atom. The summed E-state index contributed by atoms with van der Waals surface area (Å²) >= 11 is 0. The Bertz CT molecular complexity index is 4880. The van der Waals surface area contributed by atoms with Crippen molar-refractivity contribution in [2.45, 2.75) is 155 Å². The highest BCUT2D eigenvalue weighted by atomic mass is 16.4. The van der Waals surface area contributed by atoms with Crippen molar-refractivity contribution in [3.63, 3.8) is 0 Å². The van der Waals surface area contributed by atoms with Crippen LogP contribution in [0.4, 0.5) is 34.1 Å². The molecule has 118 heavy (non-hydrogen) atoms. The number of aryl methyl sites for hydroxylation is 2. The molecule has 0 aliphatic heterocycles. The van der Waals surface area contributed by atoms with Gasteiger partial charge in [-0.25, -0.2) is 19.2 Å². The zero-order valence-electron chi connectivity index (χ0n) is 67.2. The molecule has 10 aromatic carbocycles. The maximum atomic E-state index is 11.8. The molecule has 14 heteroatoms. The van der Waals surface area contributed by atoms with E-state index >= 15 is 0 Å². The smallest absolute Gasteiger partial charge is 0.346 e. The van der Waals surface area contributed by atoms with Crippen molar-refractivity contribution < 1.29 is 39.6 Å². The summed E-state index contributed by atoms with van der Waals surface area (Å²) in [5.74, 6) is -5.28. The van der Waals surface area contributed by atoms with E-state index < -0.39 is 46.3 Å². The molecular formula is C104H100N6O8. The van der Waals surface area contributed by atoms with E-state index in [-0.39, 0.29) is 0 Å². The van der Waals surface area contributed by atoms with E-state index in [1.54, 1.807) is 66.7 Å². The van der Waals surface area contributed by atoms with Gasteiger partial charge in [0.1, 0.15) is 34.9 Å². The van der Waals surface area contributed by atoms with Crippen LogP contribution in [0.25, 0.3) is 63.6 Å². The zero-order valence-corrected chi connectivity index (χ0v) is 67.2. The SMILES string of the molecule is [C-]#[N+]/C(=C/c1ccc(/C(=C/c2ccc(N(c3ccc(CCCCCCCCCCCC)cc3)c3ccc(-c4ccc(N(c5ccc(C=C(c6ccc(/C=C(\C#N)C(=O)O)cc6)c6ccc(/C=C(\C#N)C(=O)O)cc6)cc5)c5ccc(CCCCCCCCCCCC)cc5)cc4)cc3)cc2)c2ccc(/C=C(\C#N)C(=O)O)cc2)cc1)C(=O)O. The lowest BCUT2D eigenvalue weighted by atomic mass is 9.93. The summed E-state index contributed by atoms with van der Waals surface area (Å²) in [7, 11) is 0. The van der Waals surface area contributed by atoms with Crippen molar-refractivity contribution in [2.75, 3.05) is 9.80 Å². The zero-order chi connectivity index (χ0) is 83.4. The second kappa shape index (κ2) is 45.2. The van der Waals surface area contributed by atoms with Crippen molar-refractivity contribution in [1.82, 2.24) is 0 Å². The number of nitriles is 3. The molecule has 0 aliphatic rings. The number of rotatable bonds is 43. The van der Waals surface area contributed by atoms with Gasteiger partial charge >= 0.3 is 23.9 Å². The van der Waals surface area contributed by atoms with Gasteiger partial charge in [0.2, 0.25) is 0 Å². The lowest BCUT2D eigenvalue weighted by molar-refractivity contribution is -0.133. The Balaban J connectivity index is 0.966. The van der Waals surface area contributed by atoms with Gasteiger partial charge in [-0.2, -0.15) is 15.8 Å². The van der Waals surface area contributed by atoms with Crippen LogP contribution in [0.1, 0.15) is 209 Å². The number of aliphatic carboxylic acids is 4. The summed E-state index contributed by atoms with van der Waals surface area (Å²) < 4.78 is 0. The molecule has 0 fully saturated rings. The van der Waals surface area contributed by atoms with Gasteiger partial charge in [-0.3, -0.25) is 4.79 Å². The van der Waals surface area contributed by atoms with E-state index in [4.69, 9.17) is 6.57 Å². The van der Waals surface area contributed by atoms with Crippen LogP contribution < -0.4 is 9.80 Å². The number of benzene rings is 10. The largest absolute Gasteiger partial charge is 0.486 e. The van der Waals surface area contributed by atoms with E-state index in [1.807, 2.05) is 48.5 Å². The van der Waals surface area contributed by atoms with E-state index in [0.717, 1.165) is 115 Å². The number of unbranched alkanes of at least 4 members (excludes halogenated alkanes) is 18. The van der Waals surface area contributed by atoms with E-state index in [0.29, 0.717) is 22.3 Å². The normalized spacial score (nSPS) is 11.7. The van der Waals surface area contributed by atoms with E-state index in [1.165, 1.54) is 151 Å². The summed E-state index contributed by atoms with van der Waals surface area (Å²) in [5.41, 5.74) is 17.5. The summed E-state index contributed by atoms with van der Waals surface area (Å²) in [6, 6.07) is 85.9. The van der Waals surface area contributed by atoms with Crippen molar-refractivity contribution in [2.24, 2.45) is 0 Å². The first kappa shape index (κ1) is 86.5. The Hall–Kier alpha value is -13.9. The van der Waals surface area contributed by atoms with Gasteiger partial charge in [-0.1, -0.05) is 299 Å². The van der Waals surface area contributed by atoms with Crippen molar-refractivity contribution >= 4 is 106 Å². The highest BCUT2D eigenvalue weighted by Gasteiger charge is 2.19. The number of hydrogen-bond donors (Lipinski definition) is 4. The third-order valence-corrected chi connectivity index (χ3v) is 21.1. The molecule has 0 bridgehead atoms. The monoisotopic (exact) mass is 1560 g/mol. The molecular weight excluding hydrogens is 1460 g/mol. The molecule has 594 valence electrons. The highest BCUT2D eigenvalue weighted by Crippen LogP contribution is 2.41. The predicted molar refractivity (Wildman–Crippen MR) is 478 cm³/mol. The fourth-order valence-corrected chi connectivity index (χ4v) is 14.5. The number of nitrogens with zero attached hydrogens (tertiary/aromatic N) is 6. The predicted octanol–water partition coefficient (Wildman–Crippen LogP) is 26.7. The molecule has 0 unspecified atom stereocenters. The maximum absolute atomic E-state index is 11.8. The molecule has 0 radical (unpaired) electrons. The molecule has 14 nitrogen and oxygen atoms in total. The molecule has 10 aromatic rings. The topological polar surface area (TPSA) is 231 Å². The van der Waals surface area contributed by atoms with Crippen LogP contribution in [0.15, 0.2) is 265 Å². The van der Waals surface area contributed by atoms with Crippen LogP contribution in [0.3, 0.4) is 0 Å².